The zero-order valence-electron chi connectivity index (χ0n) is 10.5. The summed E-state index contributed by atoms with van der Waals surface area (Å²) in [6.07, 6.45) is 4.95. The minimum Gasteiger partial charge on any atom is -0.264 e. The van der Waals surface area contributed by atoms with Gasteiger partial charge in [-0.2, -0.15) is 0 Å². The van der Waals surface area contributed by atoms with Gasteiger partial charge in [-0.25, -0.2) is 0 Å². The number of hydrogen-bond donors (Lipinski definition) is 0. The average molecular weight is 195 g/mol. The van der Waals surface area contributed by atoms with Crippen LogP contribution >= 0.6 is 0 Å². The van der Waals surface area contributed by atoms with E-state index in [-0.39, 0.29) is 0 Å². The van der Waals surface area contributed by atoms with E-state index in [2.05, 4.69) is 38.7 Å². The average Bonchev–Trinajstić information content (AvgIpc) is 2.23. The highest BCUT2D eigenvalue weighted by molar-refractivity contribution is 5.12. The first kappa shape index (κ1) is 15.6. The van der Waals surface area contributed by atoms with Crippen molar-refractivity contribution < 1.29 is 0 Å². The van der Waals surface area contributed by atoms with E-state index >= 15 is 0 Å². The molecule has 0 amide bonds. The Morgan fingerprint density at radius 2 is 1.71 bits per heavy atom. The van der Waals surface area contributed by atoms with E-state index in [0.29, 0.717) is 5.92 Å². The summed E-state index contributed by atoms with van der Waals surface area (Å²) in [5.74, 6) is 0.596. The van der Waals surface area contributed by atoms with Crippen molar-refractivity contribution in [2.75, 3.05) is 0 Å². The molecule has 82 valence electrons. The normalized spacial score (nSPS) is 8.21. The van der Waals surface area contributed by atoms with E-state index in [1.807, 2.05) is 26.1 Å². The molecule has 0 N–H and O–H groups in total. The molecule has 0 atom stereocenters. The van der Waals surface area contributed by atoms with E-state index in [1.54, 1.807) is 6.20 Å². The van der Waals surface area contributed by atoms with Gasteiger partial charge in [-0.15, -0.1) is 0 Å². The number of pyridine rings is 1. The van der Waals surface area contributed by atoms with Gasteiger partial charge in [0.05, 0.1) is 0 Å². The summed E-state index contributed by atoms with van der Waals surface area (Å²) >= 11 is 0. The van der Waals surface area contributed by atoms with Crippen molar-refractivity contribution in [3.63, 3.8) is 0 Å². The molecular formula is C13H25N. The van der Waals surface area contributed by atoms with Crippen LogP contribution in [0.5, 0.6) is 0 Å². The van der Waals surface area contributed by atoms with E-state index in [9.17, 15) is 0 Å². The third-order valence-electron chi connectivity index (χ3n) is 1.35. The smallest absolute Gasteiger partial charge is 0.0302 e. The Hall–Kier alpha value is -0.850. The lowest BCUT2D eigenvalue weighted by atomic mass is 10.1. The lowest BCUT2D eigenvalue weighted by Crippen LogP contribution is -1.85. The second-order valence-electron chi connectivity index (χ2n) is 3.15. The minimum atomic E-state index is 0.596. The summed E-state index contributed by atoms with van der Waals surface area (Å²) in [7, 11) is 0. The molecule has 0 saturated carbocycles. The molecule has 1 heteroatoms. The van der Waals surface area contributed by atoms with E-state index < -0.39 is 0 Å². The first-order valence-electron chi connectivity index (χ1n) is 5.62. The van der Waals surface area contributed by atoms with Crippen molar-refractivity contribution in [2.45, 2.75) is 53.9 Å². The van der Waals surface area contributed by atoms with Crippen LogP contribution < -0.4 is 0 Å². The minimum absolute atomic E-state index is 0.596. The van der Waals surface area contributed by atoms with Gasteiger partial charge in [-0.3, -0.25) is 4.98 Å². The van der Waals surface area contributed by atoms with Crippen LogP contribution in [-0.2, 0) is 0 Å². The van der Waals surface area contributed by atoms with Crippen LogP contribution in [0.1, 0.15) is 59.4 Å². The van der Waals surface area contributed by atoms with Crippen molar-refractivity contribution in [1.29, 1.82) is 0 Å². The second kappa shape index (κ2) is 12.2. The predicted octanol–water partition coefficient (Wildman–Crippen LogP) is 4.65. The van der Waals surface area contributed by atoms with E-state index in [1.165, 1.54) is 12.0 Å². The highest BCUT2D eigenvalue weighted by Crippen LogP contribution is 2.10. The predicted molar refractivity (Wildman–Crippen MR) is 65.6 cm³/mol. The molecule has 0 unspecified atom stereocenters. The monoisotopic (exact) mass is 195 g/mol. The molecule has 0 aliphatic rings. The van der Waals surface area contributed by atoms with Gasteiger partial charge in [0.15, 0.2) is 0 Å². The van der Waals surface area contributed by atoms with Gasteiger partial charge in [-0.1, -0.05) is 54.0 Å². The standard InChI is InChI=1S/C8H11N.C3H8.C2H6/c1-7(2)8-4-3-5-9-6-8;1-3-2;1-2/h3-7H,1-2H3;3H2,1-2H3;1-2H3. The maximum absolute atomic E-state index is 4.01. The molecule has 0 bridgehead atoms. The van der Waals surface area contributed by atoms with Gasteiger partial charge < -0.3 is 0 Å². The van der Waals surface area contributed by atoms with Crippen molar-refractivity contribution in [2.24, 2.45) is 0 Å². The fourth-order valence-corrected chi connectivity index (χ4v) is 0.717. The molecule has 0 spiro atoms. The molecule has 1 aromatic rings. The summed E-state index contributed by atoms with van der Waals surface area (Å²) in [5, 5.41) is 0. The van der Waals surface area contributed by atoms with Crippen LogP contribution in [0.2, 0.25) is 0 Å². The number of aromatic nitrogens is 1. The third kappa shape index (κ3) is 9.24. The molecule has 0 aromatic carbocycles. The summed E-state index contributed by atoms with van der Waals surface area (Å²) in [6, 6.07) is 4.06. The number of rotatable bonds is 1. The first-order chi connectivity index (χ1) is 6.72. The lowest BCUT2D eigenvalue weighted by molar-refractivity contribution is 0.858. The molecule has 0 radical (unpaired) electrons. The molecule has 0 aliphatic heterocycles. The van der Waals surface area contributed by atoms with Crippen molar-refractivity contribution in [3.8, 4) is 0 Å². The van der Waals surface area contributed by atoms with Crippen LogP contribution in [0.15, 0.2) is 24.5 Å². The van der Waals surface area contributed by atoms with Gasteiger partial charge in [0, 0.05) is 12.4 Å². The number of hydrogen-bond acceptors (Lipinski definition) is 1. The van der Waals surface area contributed by atoms with Gasteiger partial charge in [0.2, 0.25) is 0 Å². The number of nitrogens with zero attached hydrogens (tertiary/aromatic N) is 1. The van der Waals surface area contributed by atoms with Gasteiger partial charge in [-0.05, 0) is 17.5 Å². The summed E-state index contributed by atoms with van der Waals surface area (Å²) < 4.78 is 0. The molecule has 1 heterocycles. The SMILES string of the molecule is CC.CC(C)c1cccnc1.CCC. The molecule has 0 saturated heterocycles. The van der Waals surface area contributed by atoms with Gasteiger partial charge in [0.25, 0.3) is 0 Å². The Labute approximate surface area is 89.6 Å². The van der Waals surface area contributed by atoms with Crippen LogP contribution in [0, 0.1) is 0 Å². The van der Waals surface area contributed by atoms with Crippen LogP contribution in [0.4, 0.5) is 0 Å². The highest BCUT2D eigenvalue weighted by atomic mass is 14.6. The molecule has 0 aliphatic carbocycles. The fourth-order valence-electron chi connectivity index (χ4n) is 0.717. The van der Waals surface area contributed by atoms with E-state index in [0.717, 1.165) is 0 Å². The largest absolute Gasteiger partial charge is 0.264 e. The third-order valence-corrected chi connectivity index (χ3v) is 1.35. The Balaban J connectivity index is 0. The molecule has 14 heavy (non-hydrogen) atoms. The van der Waals surface area contributed by atoms with Crippen molar-refractivity contribution in [1.82, 2.24) is 4.98 Å². The van der Waals surface area contributed by atoms with Crippen LogP contribution in [0.25, 0.3) is 0 Å². The summed E-state index contributed by atoms with van der Waals surface area (Å²) in [5.41, 5.74) is 1.30. The van der Waals surface area contributed by atoms with Crippen LogP contribution in [-0.4, -0.2) is 4.98 Å². The Kier molecular flexibility index (Phi) is 13.6. The second-order valence-corrected chi connectivity index (χ2v) is 3.15. The lowest BCUT2D eigenvalue weighted by Gasteiger charge is -2.00. The Morgan fingerprint density at radius 3 is 1.93 bits per heavy atom. The maximum Gasteiger partial charge on any atom is 0.0302 e. The quantitative estimate of drug-likeness (QED) is 0.635. The zero-order chi connectivity index (χ0) is 11.4. The highest BCUT2D eigenvalue weighted by Gasteiger charge is 1.94. The molecule has 1 aromatic heterocycles. The molecular weight excluding hydrogens is 170 g/mol. The summed E-state index contributed by atoms with van der Waals surface area (Å²) in [4.78, 5) is 4.01. The van der Waals surface area contributed by atoms with Crippen molar-refractivity contribution in [3.05, 3.63) is 30.1 Å². The fraction of sp³-hybridized carbons (Fsp3) is 0.615. The molecule has 1 nitrogen and oxygen atoms in total. The zero-order valence-corrected chi connectivity index (χ0v) is 10.5. The summed E-state index contributed by atoms with van der Waals surface area (Å²) in [6.45, 7) is 12.6. The molecule has 0 fully saturated rings. The maximum atomic E-state index is 4.01. The molecule has 1 rings (SSSR count). The van der Waals surface area contributed by atoms with Crippen LogP contribution in [0.3, 0.4) is 0 Å². The topological polar surface area (TPSA) is 12.9 Å². The Morgan fingerprint density at radius 1 is 1.21 bits per heavy atom. The van der Waals surface area contributed by atoms with Gasteiger partial charge in [0.1, 0.15) is 0 Å². The Bertz CT molecular complexity index is 180. The van der Waals surface area contributed by atoms with Gasteiger partial charge >= 0.3 is 0 Å². The van der Waals surface area contributed by atoms with Crippen molar-refractivity contribution >= 4 is 0 Å². The van der Waals surface area contributed by atoms with E-state index in [4.69, 9.17) is 0 Å². The first-order valence-corrected chi connectivity index (χ1v) is 5.62.